The number of para-hydroxylation sites is 1. The highest BCUT2D eigenvalue weighted by atomic mass is 16.2. The predicted octanol–water partition coefficient (Wildman–Crippen LogP) is 3.27. The number of carbonyl (C=O) groups excluding carboxylic acids is 3. The predicted molar refractivity (Wildman–Crippen MR) is 143 cm³/mol. The minimum Gasteiger partial charge on any atom is -0.325 e. The number of aryl methyl sites for hydroxylation is 3. The maximum absolute atomic E-state index is 13.3. The van der Waals surface area contributed by atoms with Crippen molar-refractivity contribution in [3.8, 4) is 0 Å². The highest BCUT2D eigenvalue weighted by Crippen LogP contribution is 2.21. The van der Waals surface area contributed by atoms with Crippen molar-refractivity contribution in [1.29, 1.82) is 0 Å². The summed E-state index contributed by atoms with van der Waals surface area (Å²) in [4.78, 5) is 56.8. The molecular formula is C28H26N6O4. The van der Waals surface area contributed by atoms with Gasteiger partial charge in [-0.05, 0) is 69.7 Å². The molecule has 5 rings (SSSR count). The zero-order valence-corrected chi connectivity index (χ0v) is 21.4. The van der Waals surface area contributed by atoms with Gasteiger partial charge in [0.2, 0.25) is 5.91 Å². The third kappa shape index (κ3) is 4.36. The molecule has 10 nitrogen and oxygen atoms in total. The van der Waals surface area contributed by atoms with Crippen molar-refractivity contribution in [2.24, 2.45) is 0 Å². The Labute approximate surface area is 218 Å². The fraction of sp³-hybridized carbons (Fsp3) is 0.179. The maximum atomic E-state index is 13.3. The van der Waals surface area contributed by atoms with Crippen LogP contribution in [-0.4, -0.2) is 43.6 Å². The maximum Gasteiger partial charge on any atom is 0.329 e. The summed E-state index contributed by atoms with van der Waals surface area (Å²) < 4.78 is 3.23. The topological polar surface area (TPSA) is 118 Å². The van der Waals surface area contributed by atoms with E-state index in [2.05, 4.69) is 15.6 Å². The zero-order chi connectivity index (χ0) is 27.1. The van der Waals surface area contributed by atoms with Crippen molar-refractivity contribution in [2.45, 2.75) is 27.7 Å². The van der Waals surface area contributed by atoms with E-state index in [4.69, 9.17) is 0 Å². The number of amides is 4. The lowest BCUT2D eigenvalue weighted by molar-refractivity contribution is -0.127. The number of fused-ring (bicyclic) bond motifs is 1. The standard InChI is InChI=1S/C28H26N6O4/c1-16-9-11-21(12-10-16)30-25(35)15-32-27(37)24(31-28(32)38)14-20-13-17(2)33(18(20)3)34-19(4)29-23-8-6-5-7-22(23)26(34)36/h5-14H,15H2,1-4H3,(H,30,35)(H,31,38). The minimum atomic E-state index is -0.681. The highest BCUT2D eigenvalue weighted by Gasteiger charge is 2.35. The summed E-state index contributed by atoms with van der Waals surface area (Å²) in [6.07, 6.45) is 1.55. The first-order valence-corrected chi connectivity index (χ1v) is 12.0. The van der Waals surface area contributed by atoms with Crippen LogP contribution >= 0.6 is 0 Å². The quantitative estimate of drug-likeness (QED) is 0.316. The molecule has 4 aromatic rings. The zero-order valence-electron chi connectivity index (χ0n) is 21.4. The molecule has 2 N–H and O–H groups in total. The van der Waals surface area contributed by atoms with Gasteiger partial charge in [0.15, 0.2) is 0 Å². The molecule has 0 radical (unpaired) electrons. The van der Waals surface area contributed by atoms with E-state index in [1.165, 1.54) is 4.68 Å². The highest BCUT2D eigenvalue weighted by molar-refractivity contribution is 6.16. The number of anilines is 1. The summed E-state index contributed by atoms with van der Waals surface area (Å²) in [5.74, 6) is -0.597. The monoisotopic (exact) mass is 510 g/mol. The van der Waals surface area contributed by atoms with Crippen molar-refractivity contribution in [3.63, 3.8) is 0 Å². The summed E-state index contributed by atoms with van der Waals surface area (Å²) in [6.45, 7) is 6.92. The average Bonchev–Trinajstić information content (AvgIpc) is 3.30. The van der Waals surface area contributed by atoms with Crippen LogP contribution in [0, 0.1) is 27.7 Å². The van der Waals surface area contributed by atoms with Gasteiger partial charge in [0.1, 0.15) is 18.1 Å². The van der Waals surface area contributed by atoms with E-state index >= 15 is 0 Å². The van der Waals surface area contributed by atoms with E-state index in [-0.39, 0.29) is 11.3 Å². The third-order valence-corrected chi connectivity index (χ3v) is 6.45. The van der Waals surface area contributed by atoms with Crippen molar-refractivity contribution >= 4 is 40.5 Å². The van der Waals surface area contributed by atoms with Gasteiger partial charge in [-0.3, -0.25) is 19.1 Å². The molecule has 0 spiro atoms. The molecule has 38 heavy (non-hydrogen) atoms. The van der Waals surface area contributed by atoms with Gasteiger partial charge in [-0.1, -0.05) is 29.8 Å². The lowest BCUT2D eigenvalue weighted by Crippen LogP contribution is -2.38. The van der Waals surface area contributed by atoms with E-state index < -0.39 is 24.4 Å². The number of nitrogens with one attached hydrogen (secondary N) is 2. The van der Waals surface area contributed by atoms with E-state index in [0.29, 0.717) is 33.7 Å². The summed E-state index contributed by atoms with van der Waals surface area (Å²) >= 11 is 0. The summed E-state index contributed by atoms with van der Waals surface area (Å²) in [7, 11) is 0. The normalized spacial score (nSPS) is 14.4. The Morgan fingerprint density at radius 2 is 1.68 bits per heavy atom. The van der Waals surface area contributed by atoms with E-state index in [1.54, 1.807) is 48.0 Å². The molecule has 3 heterocycles. The van der Waals surface area contributed by atoms with E-state index in [1.807, 2.05) is 45.0 Å². The Balaban J connectivity index is 1.42. The number of rotatable bonds is 5. The lowest BCUT2D eigenvalue weighted by Gasteiger charge is -2.16. The Bertz CT molecular complexity index is 1710. The average molecular weight is 511 g/mol. The fourth-order valence-electron chi connectivity index (χ4n) is 4.55. The Hall–Kier alpha value is -4.99. The molecule has 0 saturated carbocycles. The number of benzene rings is 2. The summed E-state index contributed by atoms with van der Waals surface area (Å²) in [6, 6.07) is 15.5. The molecule has 0 atom stereocenters. The largest absolute Gasteiger partial charge is 0.329 e. The minimum absolute atomic E-state index is 0.0408. The number of aromatic nitrogens is 3. The van der Waals surface area contributed by atoms with Gasteiger partial charge in [-0.25, -0.2) is 14.7 Å². The fourth-order valence-corrected chi connectivity index (χ4v) is 4.55. The van der Waals surface area contributed by atoms with Gasteiger partial charge in [0.25, 0.3) is 11.5 Å². The van der Waals surface area contributed by atoms with Crippen LogP contribution in [-0.2, 0) is 9.59 Å². The van der Waals surface area contributed by atoms with Crippen LogP contribution in [0.4, 0.5) is 10.5 Å². The van der Waals surface area contributed by atoms with Crippen LogP contribution in [0.15, 0.2) is 65.1 Å². The summed E-state index contributed by atoms with van der Waals surface area (Å²) in [5, 5.41) is 5.73. The molecule has 4 amide bonds. The molecule has 192 valence electrons. The van der Waals surface area contributed by atoms with Crippen LogP contribution in [0.2, 0.25) is 0 Å². The molecule has 1 fully saturated rings. The van der Waals surface area contributed by atoms with Gasteiger partial charge in [0, 0.05) is 17.1 Å². The van der Waals surface area contributed by atoms with Gasteiger partial charge < -0.3 is 10.6 Å². The van der Waals surface area contributed by atoms with Crippen LogP contribution in [0.1, 0.15) is 28.3 Å². The number of nitrogens with zero attached hydrogens (tertiary/aromatic N) is 4. The number of hydrogen-bond acceptors (Lipinski definition) is 5. The van der Waals surface area contributed by atoms with Gasteiger partial charge in [-0.15, -0.1) is 0 Å². The van der Waals surface area contributed by atoms with Crippen LogP contribution < -0.4 is 16.2 Å². The van der Waals surface area contributed by atoms with Gasteiger partial charge in [-0.2, -0.15) is 4.68 Å². The van der Waals surface area contributed by atoms with Gasteiger partial charge >= 0.3 is 6.03 Å². The smallest absolute Gasteiger partial charge is 0.325 e. The molecular weight excluding hydrogens is 484 g/mol. The number of urea groups is 1. The number of carbonyl (C=O) groups is 3. The second-order valence-corrected chi connectivity index (χ2v) is 9.23. The lowest BCUT2D eigenvalue weighted by atomic mass is 10.2. The third-order valence-electron chi connectivity index (χ3n) is 6.45. The van der Waals surface area contributed by atoms with E-state index in [0.717, 1.165) is 16.2 Å². The van der Waals surface area contributed by atoms with Crippen LogP contribution in [0.3, 0.4) is 0 Å². The van der Waals surface area contributed by atoms with Crippen molar-refractivity contribution in [1.82, 2.24) is 24.6 Å². The van der Waals surface area contributed by atoms with Crippen molar-refractivity contribution < 1.29 is 14.4 Å². The molecule has 2 aromatic carbocycles. The van der Waals surface area contributed by atoms with Crippen LogP contribution in [0.5, 0.6) is 0 Å². The molecule has 1 aliphatic heterocycles. The SMILES string of the molecule is Cc1ccc(NC(=O)CN2C(=O)NC(=Cc3cc(C)n(-n4c(C)nc5ccccc5c4=O)c3C)C2=O)cc1. The first kappa shape index (κ1) is 24.7. The number of imide groups is 1. The molecule has 1 aliphatic rings. The van der Waals surface area contributed by atoms with E-state index in [9.17, 15) is 19.2 Å². The molecule has 0 aliphatic carbocycles. The van der Waals surface area contributed by atoms with Crippen molar-refractivity contribution in [2.75, 3.05) is 11.9 Å². The Kier molecular flexibility index (Phi) is 6.15. The second kappa shape index (κ2) is 9.47. The van der Waals surface area contributed by atoms with Crippen LogP contribution in [0.25, 0.3) is 17.0 Å². The molecule has 0 unspecified atom stereocenters. The molecule has 1 saturated heterocycles. The first-order chi connectivity index (χ1) is 18.1. The molecule has 0 bridgehead atoms. The molecule has 10 heteroatoms. The van der Waals surface area contributed by atoms with Crippen molar-refractivity contribution in [3.05, 3.63) is 99.0 Å². The number of hydrogen-bond donors (Lipinski definition) is 2. The first-order valence-electron chi connectivity index (χ1n) is 12.0. The summed E-state index contributed by atoms with van der Waals surface area (Å²) in [5.41, 5.74) is 4.10. The second-order valence-electron chi connectivity index (χ2n) is 9.23. The molecule has 2 aromatic heterocycles. The Morgan fingerprint density at radius 1 is 0.974 bits per heavy atom. The Morgan fingerprint density at radius 3 is 2.42 bits per heavy atom. The van der Waals surface area contributed by atoms with Gasteiger partial charge in [0.05, 0.1) is 10.9 Å².